The lowest BCUT2D eigenvalue weighted by Gasteiger charge is -2.27. The highest BCUT2D eigenvalue weighted by Gasteiger charge is 2.29. The average molecular weight is 289 g/mol. The van der Waals surface area contributed by atoms with Crippen LogP contribution in [0.4, 0.5) is 4.39 Å². The van der Waals surface area contributed by atoms with Crippen LogP contribution in [0, 0.1) is 11.7 Å². The van der Waals surface area contributed by atoms with Crippen molar-refractivity contribution in [3.63, 3.8) is 0 Å². The van der Waals surface area contributed by atoms with Crippen molar-refractivity contribution in [1.29, 1.82) is 0 Å². The molecule has 0 aliphatic heterocycles. The van der Waals surface area contributed by atoms with Crippen LogP contribution in [0.3, 0.4) is 0 Å². The van der Waals surface area contributed by atoms with Crippen molar-refractivity contribution in [3.05, 3.63) is 47.4 Å². The van der Waals surface area contributed by atoms with Gasteiger partial charge in [-0.25, -0.2) is 4.39 Å². The molecule has 4 nitrogen and oxygen atoms in total. The Labute approximate surface area is 123 Å². The van der Waals surface area contributed by atoms with Gasteiger partial charge in [0.15, 0.2) is 5.82 Å². The maximum absolute atomic E-state index is 13.2. The molecule has 112 valence electrons. The van der Waals surface area contributed by atoms with E-state index in [2.05, 4.69) is 10.1 Å². The van der Waals surface area contributed by atoms with Crippen LogP contribution >= 0.6 is 0 Å². The van der Waals surface area contributed by atoms with Gasteiger partial charge in [0.25, 0.3) is 0 Å². The second-order valence-corrected chi connectivity index (χ2v) is 5.74. The van der Waals surface area contributed by atoms with Gasteiger partial charge in [-0.05, 0) is 43.0 Å². The van der Waals surface area contributed by atoms with Gasteiger partial charge in [-0.15, -0.1) is 0 Å². The summed E-state index contributed by atoms with van der Waals surface area (Å²) in [5, 5.41) is 4.04. The largest absolute Gasteiger partial charge is 0.339 e. The lowest BCUT2D eigenvalue weighted by atomic mass is 9.79. The molecule has 1 aromatic carbocycles. The van der Waals surface area contributed by atoms with Crippen LogP contribution in [0.25, 0.3) is 0 Å². The van der Waals surface area contributed by atoms with Crippen molar-refractivity contribution in [2.24, 2.45) is 11.7 Å². The molecule has 2 N–H and O–H groups in total. The molecular formula is C16H20FN3O. The second kappa shape index (κ2) is 6.35. The second-order valence-electron chi connectivity index (χ2n) is 5.74. The molecule has 21 heavy (non-hydrogen) atoms. The summed E-state index contributed by atoms with van der Waals surface area (Å²) in [6.45, 7) is 0.659. The minimum Gasteiger partial charge on any atom is -0.339 e. The van der Waals surface area contributed by atoms with E-state index in [0.717, 1.165) is 18.4 Å². The molecule has 1 aliphatic carbocycles. The van der Waals surface area contributed by atoms with Crippen molar-refractivity contribution < 1.29 is 8.91 Å². The molecule has 2 aromatic rings. The summed E-state index contributed by atoms with van der Waals surface area (Å²) in [5.41, 5.74) is 6.69. The van der Waals surface area contributed by atoms with E-state index in [4.69, 9.17) is 10.3 Å². The van der Waals surface area contributed by atoms with Crippen LogP contribution in [-0.2, 0) is 6.42 Å². The lowest BCUT2D eigenvalue weighted by molar-refractivity contribution is 0.249. The Balaban J connectivity index is 1.73. The Morgan fingerprint density at radius 1 is 1.29 bits per heavy atom. The van der Waals surface area contributed by atoms with Gasteiger partial charge in [0.1, 0.15) is 5.82 Å². The molecule has 1 aliphatic rings. The average Bonchev–Trinajstić information content (AvgIpc) is 2.95. The molecule has 0 amide bonds. The Hall–Kier alpha value is -1.75. The minimum absolute atomic E-state index is 0.244. The topological polar surface area (TPSA) is 64.9 Å². The van der Waals surface area contributed by atoms with Gasteiger partial charge in [0.2, 0.25) is 5.89 Å². The lowest BCUT2D eigenvalue weighted by Crippen LogP contribution is -2.25. The standard InChI is InChI=1S/C16H20FN3O/c17-13-6-3-4-11(8-13)9-15-19-16(21-20-15)14-7-2-1-5-12(14)10-18/h3-4,6,8,12,14H,1-2,5,7,9-10,18H2. The number of aromatic nitrogens is 2. The predicted octanol–water partition coefficient (Wildman–Crippen LogP) is 3.03. The Bertz CT molecular complexity index is 599. The molecule has 2 atom stereocenters. The first-order valence-corrected chi connectivity index (χ1v) is 7.53. The summed E-state index contributed by atoms with van der Waals surface area (Å²) in [6, 6.07) is 6.48. The van der Waals surface area contributed by atoms with Crippen LogP contribution in [0.15, 0.2) is 28.8 Å². The van der Waals surface area contributed by atoms with E-state index in [1.165, 1.54) is 25.0 Å². The zero-order chi connectivity index (χ0) is 14.7. The molecular weight excluding hydrogens is 269 g/mol. The van der Waals surface area contributed by atoms with Crippen molar-refractivity contribution >= 4 is 0 Å². The number of nitrogens with zero attached hydrogens (tertiary/aromatic N) is 2. The van der Waals surface area contributed by atoms with Crippen molar-refractivity contribution in [3.8, 4) is 0 Å². The molecule has 5 heteroatoms. The first kappa shape index (κ1) is 14.2. The normalized spacial score (nSPS) is 22.4. The number of benzene rings is 1. The molecule has 1 fully saturated rings. The van der Waals surface area contributed by atoms with Gasteiger partial charge in [0, 0.05) is 12.3 Å². The third-order valence-electron chi connectivity index (χ3n) is 4.26. The third kappa shape index (κ3) is 3.29. The summed E-state index contributed by atoms with van der Waals surface area (Å²) in [6.07, 6.45) is 5.08. The first-order chi connectivity index (χ1) is 10.3. The number of hydrogen-bond donors (Lipinski definition) is 1. The van der Waals surface area contributed by atoms with Crippen molar-refractivity contribution in [1.82, 2.24) is 10.1 Å². The van der Waals surface area contributed by atoms with Crippen molar-refractivity contribution in [2.45, 2.75) is 38.0 Å². The van der Waals surface area contributed by atoms with Gasteiger partial charge in [-0.3, -0.25) is 0 Å². The summed E-state index contributed by atoms with van der Waals surface area (Å²) in [4.78, 5) is 4.50. The monoisotopic (exact) mass is 289 g/mol. The zero-order valence-corrected chi connectivity index (χ0v) is 12.0. The van der Waals surface area contributed by atoms with E-state index in [1.54, 1.807) is 6.07 Å². The van der Waals surface area contributed by atoms with Gasteiger partial charge >= 0.3 is 0 Å². The maximum Gasteiger partial charge on any atom is 0.230 e. The molecule has 0 saturated heterocycles. The third-order valence-corrected chi connectivity index (χ3v) is 4.26. The van der Waals surface area contributed by atoms with E-state index in [-0.39, 0.29) is 11.7 Å². The van der Waals surface area contributed by atoms with E-state index < -0.39 is 0 Å². The van der Waals surface area contributed by atoms with E-state index in [0.29, 0.717) is 30.6 Å². The molecule has 1 aromatic heterocycles. The van der Waals surface area contributed by atoms with E-state index in [1.807, 2.05) is 6.07 Å². The highest BCUT2D eigenvalue weighted by atomic mass is 19.1. The zero-order valence-electron chi connectivity index (χ0n) is 12.0. The quantitative estimate of drug-likeness (QED) is 0.939. The summed E-state index contributed by atoms with van der Waals surface area (Å²) in [7, 11) is 0. The summed E-state index contributed by atoms with van der Waals surface area (Å²) in [5.74, 6) is 1.76. The highest BCUT2D eigenvalue weighted by Crippen LogP contribution is 2.36. The highest BCUT2D eigenvalue weighted by molar-refractivity contribution is 5.19. The van der Waals surface area contributed by atoms with Gasteiger partial charge in [0.05, 0.1) is 0 Å². The van der Waals surface area contributed by atoms with Gasteiger partial charge in [-0.2, -0.15) is 4.98 Å². The predicted molar refractivity (Wildman–Crippen MR) is 77.3 cm³/mol. The van der Waals surface area contributed by atoms with Crippen LogP contribution in [-0.4, -0.2) is 16.7 Å². The number of rotatable bonds is 4. The summed E-state index contributed by atoms with van der Waals surface area (Å²) >= 11 is 0. The molecule has 1 saturated carbocycles. The molecule has 3 rings (SSSR count). The Morgan fingerprint density at radius 2 is 2.14 bits per heavy atom. The van der Waals surface area contributed by atoms with Gasteiger partial charge in [-0.1, -0.05) is 30.1 Å². The fraction of sp³-hybridized carbons (Fsp3) is 0.500. The van der Waals surface area contributed by atoms with Crippen LogP contribution in [0.1, 0.15) is 48.9 Å². The van der Waals surface area contributed by atoms with Crippen LogP contribution < -0.4 is 5.73 Å². The maximum atomic E-state index is 13.2. The molecule has 0 radical (unpaired) electrons. The number of nitrogens with two attached hydrogens (primary N) is 1. The molecule has 2 unspecified atom stereocenters. The Morgan fingerprint density at radius 3 is 2.95 bits per heavy atom. The van der Waals surface area contributed by atoms with E-state index in [9.17, 15) is 4.39 Å². The SMILES string of the molecule is NCC1CCCCC1c1nc(Cc2cccc(F)c2)no1. The Kier molecular flexibility index (Phi) is 4.29. The minimum atomic E-state index is -0.244. The fourth-order valence-corrected chi connectivity index (χ4v) is 3.13. The van der Waals surface area contributed by atoms with Gasteiger partial charge < -0.3 is 10.3 Å². The van der Waals surface area contributed by atoms with E-state index >= 15 is 0 Å². The smallest absolute Gasteiger partial charge is 0.230 e. The fourth-order valence-electron chi connectivity index (χ4n) is 3.13. The van der Waals surface area contributed by atoms with Crippen LogP contribution in [0.2, 0.25) is 0 Å². The first-order valence-electron chi connectivity index (χ1n) is 7.53. The molecule has 1 heterocycles. The van der Waals surface area contributed by atoms with Crippen molar-refractivity contribution in [2.75, 3.05) is 6.54 Å². The molecule has 0 bridgehead atoms. The van der Waals surface area contributed by atoms with Crippen LogP contribution in [0.5, 0.6) is 0 Å². The number of hydrogen-bond acceptors (Lipinski definition) is 4. The number of halogens is 1. The molecule has 0 spiro atoms. The summed E-state index contributed by atoms with van der Waals surface area (Å²) < 4.78 is 18.6.